The lowest BCUT2D eigenvalue weighted by Gasteiger charge is -2.15. The fourth-order valence-corrected chi connectivity index (χ4v) is 3.26. The predicted octanol–water partition coefficient (Wildman–Crippen LogP) is 3.25. The smallest absolute Gasteiger partial charge is 0.135 e. The van der Waals surface area contributed by atoms with Crippen LogP contribution in [0.15, 0.2) is 12.1 Å². The summed E-state index contributed by atoms with van der Waals surface area (Å²) in [6, 6.07) is 4.01. The fourth-order valence-electron chi connectivity index (χ4n) is 1.96. The summed E-state index contributed by atoms with van der Waals surface area (Å²) in [6.07, 6.45) is 0. The van der Waals surface area contributed by atoms with E-state index in [0.717, 1.165) is 26.3 Å². The maximum absolute atomic E-state index is 5.96. The normalized spacial score (nSPS) is 12.4. The Morgan fingerprint density at radius 2 is 2.26 bits per heavy atom. The Bertz CT molecular complexity index is 617. The molecule has 0 fully saturated rings. The van der Waals surface area contributed by atoms with Gasteiger partial charge in [-0.15, -0.1) is 11.3 Å². The lowest BCUT2D eigenvalue weighted by molar-refractivity contribution is 0.745. The predicted molar refractivity (Wildman–Crippen MR) is 85.2 cm³/mol. The van der Waals surface area contributed by atoms with Gasteiger partial charge >= 0.3 is 0 Å². The van der Waals surface area contributed by atoms with Gasteiger partial charge in [-0.25, -0.2) is 0 Å². The second kappa shape index (κ2) is 5.48. The van der Waals surface area contributed by atoms with Crippen molar-refractivity contribution in [3.05, 3.63) is 32.6 Å². The van der Waals surface area contributed by atoms with E-state index in [-0.39, 0.29) is 6.04 Å². The lowest BCUT2D eigenvalue weighted by atomic mass is 10.2. The average Bonchev–Trinajstić information content (AvgIpc) is 2.84. The Balaban J connectivity index is 2.31. The molecule has 0 radical (unpaired) electrons. The van der Waals surface area contributed by atoms with Gasteiger partial charge in [0.2, 0.25) is 0 Å². The number of aromatic nitrogens is 2. The zero-order chi connectivity index (χ0) is 14.2. The number of thiocarbonyl (C=S) groups is 1. The quantitative estimate of drug-likeness (QED) is 0.851. The molecule has 3 N–H and O–H groups in total. The minimum absolute atomic E-state index is 0.111. The van der Waals surface area contributed by atoms with Crippen LogP contribution in [-0.2, 0) is 7.05 Å². The summed E-state index contributed by atoms with van der Waals surface area (Å²) in [4.78, 5) is 1.50. The van der Waals surface area contributed by atoms with Gasteiger partial charge in [0.1, 0.15) is 10.8 Å². The van der Waals surface area contributed by atoms with Crippen LogP contribution in [-0.4, -0.2) is 14.8 Å². The second-order valence-electron chi connectivity index (χ2n) is 4.30. The summed E-state index contributed by atoms with van der Waals surface area (Å²) in [5.74, 6) is 0.835. The fraction of sp³-hybridized carbons (Fsp3) is 0.333. The van der Waals surface area contributed by atoms with Crippen molar-refractivity contribution in [2.45, 2.75) is 19.9 Å². The van der Waals surface area contributed by atoms with Gasteiger partial charge in [-0.05, 0) is 26.0 Å². The molecule has 0 spiro atoms. The summed E-state index contributed by atoms with van der Waals surface area (Å²) >= 11 is 12.6. The summed E-state index contributed by atoms with van der Waals surface area (Å²) in [5.41, 5.74) is 7.39. The molecule has 0 bridgehead atoms. The third kappa shape index (κ3) is 2.91. The van der Waals surface area contributed by atoms with Crippen molar-refractivity contribution < 1.29 is 0 Å². The van der Waals surface area contributed by atoms with E-state index < -0.39 is 0 Å². The Hall–Kier alpha value is -1.11. The average molecular weight is 315 g/mol. The SMILES string of the molecule is Cc1nn(C)c(NC(C)c2ccc(Cl)s2)c1C(N)=S. The molecule has 7 heteroatoms. The Morgan fingerprint density at radius 3 is 2.79 bits per heavy atom. The van der Waals surface area contributed by atoms with Crippen molar-refractivity contribution in [2.24, 2.45) is 12.8 Å². The molecule has 2 aromatic heterocycles. The minimum atomic E-state index is 0.111. The van der Waals surface area contributed by atoms with Crippen LogP contribution < -0.4 is 11.1 Å². The second-order valence-corrected chi connectivity index (χ2v) is 6.49. The summed E-state index contributed by atoms with van der Waals surface area (Å²) in [7, 11) is 1.87. The van der Waals surface area contributed by atoms with Gasteiger partial charge in [0.05, 0.1) is 21.6 Å². The number of aryl methyl sites for hydroxylation is 2. The highest BCUT2D eigenvalue weighted by Gasteiger charge is 2.18. The van der Waals surface area contributed by atoms with Crippen LogP contribution >= 0.6 is 35.2 Å². The standard InChI is InChI=1S/C12H15ClN4S2/c1-6(8-4-5-9(13)19-8)15-12-10(11(14)18)7(2)16-17(12)3/h4-6,15H,1-3H3,(H2,14,18). The van der Waals surface area contributed by atoms with Gasteiger partial charge in [0.15, 0.2) is 0 Å². The van der Waals surface area contributed by atoms with E-state index in [4.69, 9.17) is 29.6 Å². The summed E-state index contributed by atoms with van der Waals surface area (Å²) in [6.45, 7) is 3.96. The first-order valence-electron chi connectivity index (χ1n) is 5.75. The largest absolute Gasteiger partial charge is 0.389 e. The number of rotatable bonds is 4. The van der Waals surface area contributed by atoms with E-state index in [0.29, 0.717) is 4.99 Å². The molecule has 4 nitrogen and oxygen atoms in total. The number of hydrogen-bond donors (Lipinski definition) is 2. The van der Waals surface area contributed by atoms with Gasteiger partial charge in [-0.3, -0.25) is 4.68 Å². The van der Waals surface area contributed by atoms with E-state index in [9.17, 15) is 0 Å². The molecule has 1 unspecified atom stereocenters. The number of nitrogens with zero attached hydrogens (tertiary/aromatic N) is 2. The molecular weight excluding hydrogens is 300 g/mol. The molecule has 102 valence electrons. The Morgan fingerprint density at radius 1 is 1.58 bits per heavy atom. The van der Waals surface area contributed by atoms with Crippen molar-refractivity contribution in [3.63, 3.8) is 0 Å². The molecule has 2 aromatic rings. The zero-order valence-corrected chi connectivity index (χ0v) is 13.3. The molecule has 0 saturated carbocycles. The highest BCUT2D eigenvalue weighted by Crippen LogP contribution is 2.30. The van der Waals surface area contributed by atoms with Crippen molar-refractivity contribution in [1.29, 1.82) is 0 Å². The maximum Gasteiger partial charge on any atom is 0.135 e. The van der Waals surface area contributed by atoms with Crippen LogP contribution in [0.2, 0.25) is 4.34 Å². The molecule has 19 heavy (non-hydrogen) atoms. The number of anilines is 1. The van der Waals surface area contributed by atoms with Crippen molar-refractivity contribution >= 4 is 46.0 Å². The van der Waals surface area contributed by atoms with E-state index in [2.05, 4.69) is 17.3 Å². The van der Waals surface area contributed by atoms with Crippen LogP contribution in [0.5, 0.6) is 0 Å². The van der Waals surface area contributed by atoms with Crippen molar-refractivity contribution in [1.82, 2.24) is 9.78 Å². The highest BCUT2D eigenvalue weighted by molar-refractivity contribution is 7.80. The first-order valence-corrected chi connectivity index (χ1v) is 7.35. The van der Waals surface area contributed by atoms with Gasteiger partial charge in [0, 0.05) is 11.9 Å². The summed E-state index contributed by atoms with van der Waals surface area (Å²) < 4.78 is 2.54. The third-order valence-corrected chi connectivity index (χ3v) is 4.46. The Labute approximate surface area is 126 Å². The van der Waals surface area contributed by atoms with Crippen molar-refractivity contribution in [2.75, 3.05) is 5.32 Å². The molecular formula is C12H15ClN4S2. The lowest BCUT2D eigenvalue weighted by Crippen LogP contribution is -2.16. The third-order valence-electron chi connectivity index (χ3n) is 2.84. The zero-order valence-electron chi connectivity index (χ0n) is 10.9. The topological polar surface area (TPSA) is 55.9 Å². The van der Waals surface area contributed by atoms with Crippen LogP contribution in [0.25, 0.3) is 0 Å². The Kier molecular flexibility index (Phi) is 4.13. The van der Waals surface area contributed by atoms with Gasteiger partial charge in [-0.2, -0.15) is 5.10 Å². The first kappa shape index (κ1) is 14.3. The van der Waals surface area contributed by atoms with Gasteiger partial charge in [-0.1, -0.05) is 23.8 Å². The van der Waals surface area contributed by atoms with Crippen LogP contribution in [0.1, 0.15) is 29.1 Å². The monoisotopic (exact) mass is 314 g/mol. The number of nitrogens with two attached hydrogens (primary N) is 1. The number of halogens is 1. The molecule has 0 amide bonds. The highest BCUT2D eigenvalue weighted by atomic mass is 35.5. The molecule has 2 rings (SSSR count). The molecule has 0 aliphatic carbocycles. The van der Waals surface area contributed by atoms with E-state index in [1.54, 1.807) is 16.0 Å². The molecule has 0 aromatic carbocycles. The molecule has 1 atom stereocenters. The van der Waals surface area contributed by atoms with Crippen LogP contribution in [0.4, 0.5) is 5.82 Å². The number of nitrogens with one attached hydrogen (secondary N) is 1. The van der Waals surface area contributed by atoms with Crippen LogP contribution in [0, 0.1) is 6.92 Å². The minimum Gasteiger partial charge on any atom is -0.389 e. The molecule has 0 aliphatic heterocycles. The number of hydrogen-bond acceptors (Lipinski definition) is 4. The molecule has 2 heterocycles. The van der Waals surface area contributed by atoms with E-state index in [1.165, 1.54) is 0 Å². The van der Waals surface area contributed by atoms with E-state index in [1.807, 2.05) is 26.1 Å². The van der Waals surface area contributed by atoms with Crippen molar-refractivity contribution in [3.8, 4) is 0 Å². The summed E-state index contributed by atoms with van der Waals surface area (Å²) in [5, 5.41) is 7.74. The maximum atomic E-state index is 5.96. The van der Waals surface area contributed by atoms with E-state index >= 15 is 0 Å². The molecule has 0 saturated heterocycles. The number of thiophene rings is 1. The first-order chi connectivity index (χ1) is 8.90. The van der Waals surface area contributed by atoms with Crippen LogP contribution in [0.3, 0.4) is 0 Å². The molecule has 0 aliphatic rings. The van der Waals surface area contributed by atoms with Gasteiger partial charge in [0.25, 0.3) is 0 Å². The van der Waals surface area contributed by atoms with Gasteiger partial charge < -0.3 is 11.1 Å².